The molecule has 0 radical (unpaired) electrons. The van der Waals surface area contributed by atoms with Crippen LogP contribution in [0.25, 0.3) is 20.4 Å². The van der Waals surface area contributed by atoms with Crippen LogP contribution in [0.2, 0.25) is 0 Å². The summed E-state index contributed by atoms with van der Waals surface area (Å²) < 4.78 is 1.22. The van der Waals surface area contributed by atoms with Gasteiger partial charge in [-0.1, -0.05) is 6.42 Å². The molecule has 28 heavy (non-hydrogen) atoms. The number of thiophene rings is 1. The van der Waals surface area contributed by atoms with Crippen LogP contribution in [0.5, 0.6) is 0 Å². The van der Waals surface area contributed by atoms with Crippen LogP contribution in [-0.4, -0.2) is 34.5 Å². The minimum Gasteiger partial charge on any atom is -0.355 e. The van der Waals surface area contributed by atoms with Gasteiger partial charge in [-0.15, -0.1) is 22.7 Å². The van der Waals surface area contributed by atoms with Gasteiger partial charge in [0.1, 0.15) is 4.83 Å². The number of hydrogen-bond donors (Lipinski definition) is 1. The number of nitrogens with zero attached hydrogens (tertiary/aromatic N) is 3. The van der Waals surface area contributed by atoms with E-state index in [1.807, 2.05) is 23.0 Å². The molecule has 3 aromatic heterocycles. The lowest BCUT2D eigenvalue weighted by atomic mass is 9.94. The van der Waals surface area contributed by atoms with E-state index >= 15 is 0 Å². The lowest BCUT2D eigenvalue weighted by Crippen LogP contribution is -2.32. The quantitative estimate of drug-likeness (QED) is 0.436. The van der Waals surface area contributed by atoms with Gasteiger partial charge in [0.25, 0.3) is 0 Å². The van der Waals surface area contributed by atoms with E-state index in [1.54, 1.807) is 11.3 Å². The third kappa shape index (κ3) is 3.30. The number of fused-ring (bicyclic) bond motifs is 2. The van der Waals surface area contributed by atoms with Gasteiger partial charge in [-0.3, -0.25) is 0 Å². The van der Waals surface area contributed by atoms with Crippen molar-refractivity contribution in [2.45, 2.75) is 38.1 Å². The number of nitrogens with one attached hydrogen (secondary N) is 1. The maximum Gasteiger partial charge on any atom is 0.125 e. The Morgan fingerprint density at radius 3 is 3.00 bits per heavy atom. The van der Waals surface area contributed by atoms with Crippen LogP contribution in [0, 0.1) is 0 Å². The van der Waals surface area contributed by atoms with Crippen molar-refractivity contribution < 1.29 is 0 Å². The predicted molar refractivity (Wildman–Crippen MR) is 121 cm³/mol. The zero-order valence-electron chi connectivity index (χ0n) is 16.2. The summed E-state index contributed by atoms with van der Waals surface area (Å²) in [6, 6.07) is 11.4. The van der Waals surface area contributed by atoms with Crippen molar-refractivity contribution in [3.8, 4) is 0 Å². The largest absolute Gasteiger partial charge is 0.355 e. The Balaban J connectivity index is 1.50. The van der Waals surface area contributed by atoms with Gasteiger partial charge in [0, 0.05) is 34.1 Å². The van der Waals surface area contributed by atoms with Gasteiger partial charge in [-0.25, -0.2) is 9.97 Å². The van der Waals surface area contributed by atoms with E-state index in [1.165, 1.54) is 40.8 Å². The Morgan fingerprint density at radius 1 is 1.14 bits per heavy atom. The lowest BCUT2D eigenvalue weighted by molar-refractivity contribution is 0.244. The number of benzene rings is 1. The molecule has 1 aliphatic rings. The average Bonchev–Trinajstić information content (AvgIpc) is 3.30. The number of hydrogen-bond acceptors (Lipinski definition) is 6. The molecule has 0 saturated carbocycles. The van der Waals surface area contributed by atoms with Crippen molar-refractivity contribution in [2.75, 3.05) is 18.9 Å². The molecule has 4 aromatic rings. The summed E-state index contributed by atoms with van der Waals surface area (Å²) in [6.07, 6.45) is 5.78. The Kier molecular flexibility index (Phi) is 4.78. The number of rotatable bonds is 3. The molecule has 4 heterocycles. The van der Waals surface area contributed by atoms with Crippen LogP contribution in [0.4, 0.5) is 11.4 Å². The first-order valence-corrected chi connectivity index (χ1v) is 11.6. The lowest BCUT2D eigenvalue weighted by Gasteiger charge is -2.28. The van der Waals surface area contributed by atoms with Crippen LogP contribution in [-0.2, 0) is 0 Å². The molecule has 1 aromatic carbocycles. The van der Waals surface area contributed by atoms with Crippen molar-refractivity contribution in [3.63, 3.8) is 0 Å². The summed E-state index contributed by atoms with van der Waals surface area (Å²) in [4.78, 5) is 14.2. The Morgan fingerprint density at radius 2 is 2.07 bits per heavy atom. The van der Waals surface area contributed by atoms with Gasteiger partial charge in [-0.2, -0.15) is 0 Å². The van der Waals surface area contributed by atoms with Crippen molar-refractivity contribution in [3.05, 3.63) is 46.9 Å². The summed E-state index contributed by atoms with van der Waals surface area (Å²) in [6.45, 7) is 3.57. The maximum atomic E-state index is 4.66. The van der Waals surface area contributed by atoms with Gasteiger partial charge in [-0.05, 0) is 63.7 Å². The molecule has 0 aliphatic carbocycles. The van der Waals surface area contributed by atoms with Crippen molar-refractivity contribution >= 4 is 54.5 Å². The second-order valence-corrected chi connectivity index (χ2v) is 9.66. The normalized spacial score (nSPS) is 21.2. The van der Waals surface area contributed by atoms with Gasteiger partial charge in [0.15, 0.2) is 0 Å². The van der Waals surface area contributed by atoms with Crippen LogP contribution < -0.4 is 5.32 Å². The molecule has 0 unspecified atom stereocenters. The highest BCUT2D eigenvalue weighted by Gasteiger charge is 2.27. The fourth-order valence-electron chi connectivity index (χ4n) is 4.20. The number of aromatic nitrogens is 2. The molecule has 2 atom stereocenters. The van der Waals surface area contributed by atoms with E-state index in [2.05, 4.69) is 64.5 Å². The average molecular weight is 409 g/mol. The highest BCUT2D eigenvalue weighted by atomic mass is 32.1. The molecular formula is C22H24N4S2. The Labute approximate surface area is 173 Å². The number of likely N-dealkylation sites (tertiary alicyclic amines) is 1. The molecule has 6 heteroatoms. The molecule has 0 bridgehead atoms. The Bertz CT molecular complexity index is 1120. The fourth-order valence-corrected chi connectivity index (χ4v) is 6.12. The van der Waals surface area contributed by atoms with E-state index in [9.17, 15) is 0 Å². The van der Waals surface area contributed by atoms with Gasteiger partial charge >= 0.3 is 0 Å². The van der Waals surface area contributed by atoms with Crippen LogP contribution >= 0.6 is 22.7 Å². The molecule has 0 spiro atoms. The molecular weight excluding hydrogens is 384 g/mol. The zero-order chi connectivity index (χ0) is 19.1. The van der Waals surface area contributed by atoms with E-state index in [-0.39, 0.29) is 0 Å². The summed E-state index contributed by atoms with van der Waals surface area (Å²) in [7, 11) is 2.26. The molecule has 5 rings (SSSR count). The standard InChI is InChI=1S/C22H24N4S2/c1-14-16(5-3-4-10-26(14)2)21-12-17-18(8-9-23-22(17)28-21)25-15-6-7-20-19(11-15)24-13-27-20/h6-9,11-14,16H,3-5,10H2,1-2H3,(H,23,25)/t14-,16-/m0/s1. The van der Waals surface area contributed by atoms with Gasteiger partial charge < -0.3 is 10.2 Å². The maximum absolute atomic E-state index is 4.66. The molecule has 1 saturated heterocycles. The van der Waals surface area contributed by atoms with Gasteiger partial charge in [0.2, 0.25) is 0 Å². The Hall–Kier alpha value is -2.02. The van der Waals surface area contributed by atoms with E-state index in [0.717, 1.165) is 21.7 Å². The summed E-state index contributed by atoms with van der Waals surface area (Å²) >= 11 is 3.53. The van der Waals surface area contributed by atoms with Crippen LogP contribution in [0.1, 0.15) is 37.0 Å². The first-order chi connectivity index (χ1) is 13.7. The predicted octanol–water partition coefficient (Wildman–Crippen LogP) is 6.24. The van der Waals surface area contributed by atoms with E-state index in [4.69, 9.17) is 0 Å². The van der Waals surface area contributed by atoms with Gasteiger partial charge in [0.05, 0.1) is 21.4 Å². The second-order valence-electron chi connectivity index (χ2n) is 7.71. The minimum absolute atomic E-state index is 0.569. The van der Waals surface area contributed by atoms with Crippen molar-refractivity contribution in [1.82, 2.24) is 14.9 Å². The molecule has 1 N–H and O–H groups in total. The second kappa shape index (κ2) is 7.43. The smallest absolute Gasteiger partial charge is 0.125 e. The molecule has 1 fully saturated rings. The van der Waals surface area contributed by atoms with Crippen LogP contribution in [0.15, 0.2) is 42.0 Å². The molecule has 1 aliphatic heterocycles. The zero-order valence-corrected chi connectivity index (χ0v) is 17.8. The SMILES string of the molecule is C[C@H]1[C@@H](c2cc3c(Nc4ccc5scnc5c4)ccnc3s2)CCCCN1C. The van der Waals surface area contributed by atoms with E-state index in [0.29, 0.717) is 12.0 Å². The van der Waals surface area contributed by atoms with Crippen molar-refractivity contribution in [1.29, 1.82) is 0 Å². The first kappa shape index (κ1) is 18.0. The number of thiazole rings is 1. The summed E-state index contributed by atoms with van der Waals surface area (Å²) in [5.74, 6) is 0.589. The molecule has 0 amide bonds. The molecule has 144 valence electrons. The third-order valence-electron chi connectivity index (χ3n) is 5.98. The monoisotopic (exact) mass is 408 g/mol. The van der Waals surface area contributed by atoms with Crippen LogP contribution in [0.3, 0.4) is 0 Å². The topological polar surface area (TPSA) is 41.1 Å². The number of likely N-dealkylation sites (N-methyl/N-ethyl adjacent to an activating group) is 1. The highest BCUT2D eigenvalue weighted by Crippen LogP contribution is 2.40. The summed E-state index contributed by atoms with van der Waals surface area (Å²) in [5.41, 5.74) is 5.13. The highest BCUT2D eigenvalue weighted by molar-refractivity contribution is 7.18. The summed E-state index contributed by atoms with van der Waals surface area (Å²) in [5, 5.41) is 4.82. The number of anilines is 2. The molecule has 4 nitrogen and oxygen atoms in total. The third-order valence-corrected chi connectivity index (χ3v) is 7.97. The first-order valence-electron chi connectivity index (χ1n) is 9.88. The fraction of sp³-hybridized carbons (Fsp3) is 0.364. The minimum atomic E-state index is 0.569. The van der Waals surface area contributed by atoms with Crippen molar-refractivity contribution in [2.24, 2.45) is 0 Å². The number of pyridine rings is 1. The van der Waals surface area contributed by atoms with E-state index < -0.39 is 0 Å².